The highest BCUT2D eigenvalue weighted by Crippen LogP contribution is 2.15. The van der Waals surface area contributed by atoms with Gasteiger partial charge in [-0.25, -0.2) is 0 Å². The molecule has 0 unspecified atom stereocenters. The van der Waals surface area contributed by atoms with Crippen LogP contribution in [0.5, 0.6) is 0 Å². The number of aromatic nitrogens is 1. The molecule has 76 valence electrons. The molecule has 0 saturated heterocycles. The van der Waals surface area contributed by atoms with Crippen molar-refractivity contribution in [1.82, 2.24) is 4.98 Å². The van der Waals surface area contributed by atoms with Crippen molar-refractivity contribution in [3.8, 4) is 0 Å². The normalized spacial score (nSPS) is 12.2. The summed E-state index contributed by atoms with van der Waals surface area (Å²) in [7, 11) is 1.29. The van der Waals surface area contributed by atoms with Crippen LogP contribution in [0, 0.1) is 6.92 Å². The molecule has 14 heavy (non-hydrogen) atoms. The molecule has 0 bridgehead atoms. The van der Waals surface area contributed by atoms with E-state index in [1.807, 2.05) is 13.0 Å². The molecule has 0 aliphatic rings. The van der Waals surface area contributed by atoms with Crippen LogP contribution >= 0.6 is 0 Å². The topological polar surface area (TPSA) is 59.4 Å². The van der Waals surface area contributed by atoms with Gasteiger partial charge in [-0.05, 0) is 24.6 Å². The maximum atomic E-state index is 10.9. The predicted octanol–water partition coefficient (Wildman–Crippen LogP) is 0.987. The van der Waals surface area contributed by atoms with Gasteiger partial charge in [-0.3, -0.25) is 9.78 Å². The molecule has 0 aliphatic heterocycles. The number of aliphatic hydroxyl groups excluding tert-OH is 1. The lowest BCUT2D eigenvalue weighted by Gasteiger charge is -2.08. The van der Waals surface area contributed by atoms with E-state index >= 15 is 0 Å². The zero-order chi connectivity index (χ0) is 10.6. The highest BCUT2D eigenvalue weighted by Gasteiger charge is 2.14. The Balaban J connectivity index is 2.69. The largest absolute Gasteiger partial charge is 0.469 e. The molecule has 0 aliphatic carbocycles. The number of hydrogen-bond acceptors (Lipinski definition) is 4. The number of aliphatic hydroxyl groups is 1. The van der Waals surface area contributed by atoms with Crippen LogP contribution in [0.2, 0.25) is 0 Å². The van der Waals surface area contributed by atoms with Gasteiger partial charge in [0.15, 0.2) is 0 Å². The van der Waals surface area contributed by atoms with Crippen molar-refractivity contribution in [3.63, 3.8) is 0 Å². The van der Waals surface area contributed by atoms with Crippen LogP contribution in [-0.2, 0) is 9.53 Å². The fraction of sp³-hybridized carbons (Fsp3) is 0.400. The van der Waals surface area contributed by atoms with E-state index in [9.17, 15) is 9.90 Å². The van der Waals surface area contributed by atoms with Gasteiger partial charge >= 0.3 is 5.97 Å². The molecule has 4 nitrogen and oxygen atoms in total. The van der Waals surface area contributed by atoms with Gasteiger partial charge in [0.2, 0.25) is 0 Å². The molecular weight excluding hydrogens is 182 g/mol. The van der Waals surface area contributed by atoms with E-state index in [-0.39, 0.29) is 6.42 Å². The van der Waals surface area contributed by atoms with Gasteiger partial charge in [0.25, 0.3) is 0 Å². The lowest BCUT2D eigenvalue weighted by Crippen LogP contribution is -2.09. The van der Waals surface area contributed by atoms with Crippen LogP contribution in [0.25, 0.3) is 0 Å². The fourth-order valence-electron chi connectivity index (χ4n) is 1.09. The van der Waals surface area contributed by atoms with Crippen molar-refractivity contribution < 1.29 is 14.6 Å². The highest BCUT2D eigenvalue weighted by atomic mass is 16.5. The van der Waals surface area contributed by atoms with Crippen molar-refractivity contribution in [2.45, 2.75) is 19.4 Å². The Morgan fingerprint density at radius 3 is 3.00 bits per heavy atom. The first-order valence-electron chi connectivity index (χ1n) is 4.31. The Hall–Kier alpha value is -1.42. The van der Waals surface area contributed by atoms with Crippen LogP contribution in [0.3, 0.4) is 0 Å². The average Bonchev–Trinajstić information content (AvgIpc) is 2.17. The number of rotatable bonds is 3. The number of esters is 1. The highest BCUT2D eigenvalue weighted by molar-refractivity contribution is 5.69. The zero-order valence-electron chi connectivity index (χ0n) is 8.23. The quantitative estimate of drug-likeness (QED) is 0.730. The smallest absolute Gasteiger partial charge is 0.308 e. The lowest BCUT2D eigenvalue weighted by atomic mass is 10.1. The van der Waals surface area contributed by atoms with E-state index in [2.05, 4.69) is 9.72 Å². The van der Waals surface area contributed by atoms with E-state index in [1.165, 1.54) is 7.11 Å². The fourth-order valence-corrected chi connectivity index (χ4v) is 1.09. The average molecular weight is 195 g/mol. The minimum absolute atomic E-state index is 0.0625. The molecule has 1 rings (SSSR count). The van der Waals surface area contributed by atoms with E-state index in [0.717, 1.165) is 5.56 Å². The molecule has 4 heteroatoms. The Morgan fingerprint density at radius 1 is 1.71 bits per heavy atom. The molecule has 0 aromatic carbocycles. The predicted molar refractivity (Wildman–Crippen MR) is 50.6 cm³/mol. The van der Waals surface area contributed by atoms with Crippen LogP contribution in [-0.4, -0.2) is 23.2 Å². The monoisotopic (exact) mass is 195 g/mol. The summed E-state index contributed by atoms with van der Waals surface area (Å²) in [6.45, 7) is 1.90. The molecule has 0 spiro atoms. The third-order valence-corrected chi connectivity index (χ3v) is 1.87. The minimum atomic E-state index is -0.887. The summed E-state index contributed by atoms with van der Waals surface area (Å²) < 4.78 is 4.45. The summed E-state index contributed by atoms with van der Waals surface area (Å²) in [5.74, 6) is -0.444. The Morgan fingerprint density at radius 2 is 2.43 bits per heavy atom. The van der Waals surface area contributed by atoms with Crippen LogP contribution in [0.15, 0.2) is 18.3 Å². The maximum Gasteiger partial charge on any atom is 0.308 e. The third-order valence-electron chi connectivity index (χ3n) is 1.87. The second-order valence-corrected chi connectivity index (χ2v) is 3.05. The number of carbonyl (C=O) groups is 1. The van der Waals surface area contributed by atoms with Crippen LogP contribution in [0.4, 0.5) is 0 Å². The molecule has 1 aromatic rings. The van der Waals surface area contributed by atoms with Gasteiger partial charge in [0.05, 0.1) is 19.2 Å². The first-order valence-corrected chi connectivity index (χ1v) is 4.31. The van der Waals surface area contributed by atoms with Crippen LogP contribution in [0.1, 0.15) is 23.8 Å². The minimum Gasteiger partial charge on any atom is -0.469 e. The number of carbonyl (C=O) groups excluding carboxylic acids is 1. The first kappa shape index (κ1) is 10.7. The van der Waals surface area contributed by atoms with Gasteiger partial charge in [-0.1, -0.05) is 0 Å². The van der Waals surface area contributed by atoms with Gasteiger partial charge in [0.1, 0.15) is 6.10 Å². The number of aryl methyl sites for hydroxylation is 1. The summed E-state index contributed by atoms with van der Waals surface area (Å²) in [5, 5.41) is 9.58. The molecule has 1 atom stereocenters. The maximum absolute atomic E-state index is 10.9. The Bertz CT molecular complexity index is 325. The standard InChI is InChI=1S/C10H13NO3/c1-7-3-4-11-8(5-7)9(12)6-10(13)14-2/h3-5,9,12H,6H2,1-2H3/t9-/m1/s1. The summed E-state index contributed by atoms with van der Waals surface area (Å²) in [6, 6.07) is 3.57. The summed E-state index contributed by atoms with van der Waals surface area (Å²) in [5.41, 5.74) is 1.49. The Kier molecular flexibility index (Phi) is 3.59. The lowest BCUT2D eigenvalue weighted by molar-refractivity contribution is -0.142. The molecule has 1 N–H and O–H groups in total. The third kappa shape index (κ3) is 2.81. The number of ether oxygens (including phenoxy) is 1. The van der Waals surface area contributed by atoms with Gasteiger partial charge in [0, 0.05) is 6.20 Å². The van der Waals surface area contributed by atoms with Crippen molar-refractivity contribution in [2.75, 3.05) is 7.11 Å². The first-order chi connectivity index (χ1) is 6.63. The molecule has 1 heterocycles. The second kappa shape index (κ2) is 4.72. The van der Waals surface area contributed by atoms with Crippen molar-refractivity contribution in [1.29, 1.82) is 0 Å². The summed E-state index contributed by atoms with van der Waals surface area (Å²) in [4.78, 5) is 14.8. The van der Waals surface area contributed by atoms with Gasteiger partial charge in [-0.15, -0.1) is 0 Å². The molecule has 0 fully saturated rings. The van der Waals surface area contributed by atoms with E-state index in [1.54, 1.807) is 12.3 Å². The molecular formula is C10H13NO3. The number of nitrogens with zero attached hydrogens (tertiary/aromatic N) is 1. The molecule has 1 aromatic heterocycles. The van der Waals surface area contributed by atoms with Gasteiger partial charge < -0.3 is 9.84 Å². The number of methoxy groups -OCH3 is 1. The van der Waals surface area contributed by atoms with Crippen molar-refractivity contribution in [2.24, 2.45) is 0 Å². The number of hydrogen-bond donors (Lipinski definition) is 1. The van der Waals surface area contributed by atoms with Crippen molar-refractivity contribution in [3.05, 3.63) is 29.6 Å². The zero-order valence-corrected chi connectivity index (χ0v) is 8.23. The molecule has 0 amide bonds. The van der Waals surface area contributed by atoms with E-state index < -0.39 is 12.1 Å². The second-order valence-electron chi connectivity index (χ2n) is 3.05. The summed E-state index contributed by atoms with van der Waals surface area (Å²) >= 11 is 0. The SMILES string of the molecule is COC(=O)C[C@@H](O)c1cc(C)ccn1. The molecule has 0 saturated carbocycles. The van der Waals surface area contributed by atoms with Crippen molar-refractivity contribution >= 4 is 5.97 Å². The molecule has 0 radical (unpaired) electrons. The van der Waals surface area contributed by atoms with E-state index in [4.69, 9.17) is 0 Å². The Labute approximate surface area is 82.5 Å². The van der Waals surface area contributed by atoms with Crippen LogP contribution < -0.4 is 0 Å². The van der Waals surface area contributed by atoms with Gasteiger partial charge in [-0.2, -0.15) is 0 Å². The number of pyridine rings is 1. The summed E-state index contributed by atoms with van der Waals surface area (Å²) in [6.07, 6.45) is 0.653. The van der Waals surface area contributed by atoms with E-state index in [0.29, 0.717) is 5.69 Å².